The third-order valence-electron chi connectivity index (χ3n) is 6.40. The van der Waals surface area contributed by atoms with E-state index >= 15 is 0 Å². The summed E-state index contributed by atoms with van der Waals surface area (Å²) in [6.07, 6.45) is 5.17. The first-order valence-corrected chi connectivity index (χ1v) is 10.2. The number of piperidine rings is 1. The van der Waals surface area contributed by atoms with Crippen LogP contribution in [0.3, 0.4) is 0 Å². The molecule has 1 aromatic carbocycles. The molecule has 26 heavy (non-hydrogen) atoms. The van der Waals surface area contributed by atoms with Crippen molar-refractivity contribution in [2.75, 3.05) is 26.2 Å². The van der Waals surface area contributed by atoms with E-state index in [0.29, 0.717) is 12.5 Å². The Balaban J connectivity index is 1.48. The molecule has 1 saturated heterocycles. The van der Waals surface area contributed by atoms with Crippen molar-refractivity contribution in [2.45, 2.75) is 52.9 Å². The summed E-state index contributed by atoms with van der Waals surface area (Å²) in [4.78, 5) is 12.8. The van der Waals surface area contributed by atoms with Gasteiger partial charge in [0.15, 0.2) is 0 Å². The van der Waals surface area contributed by atoms with Crippen LogP contribution in [0.2, 0.25) is 0 Å². The van der Waals surface area contributed by atoms with Gasteiger partial charge in [-0.1, -0.05) is 39.0 Å². The largest absolute Gasteiger partial charge is 0.493 e. The maximum absolute atomic E-state index is 12.8. The number of rotatable bonds is 8. The minimum Gasteiger partial charge on any atom is -0.493 e. The molecule has 1 heterocycles. The molecule has 1 aliphatic heterocycles. The molecule has 0 aromatic heterocycles. The molecule has 4 heteroatoms. The molecular weight excluding hydrogens is 324 g/mol. The van der Waals surface area contributed by atoms with Gasteiger partial charge in [0.05, 0.1) is 12.0 Å². The van der Waals surface area contributed by atoms with E-state index in [9.17, 15) is 4.79 Å². The number of carbonyl (C=O) groups is 1. The van der Waals surface area contributed by atoms with E-state index in [1.807, 2.05) is 18.2 Å². The molecule has 2 fully saturated rings. The zero-order chi connectivity index (χ0) is 18.6. The molecule has 1 saturated carbocycles. The lowest BCUT2D eigenvalue weighted by Gasteiger charge is -2.27. The topological polar surface area (TPSA) is 50.4 Å². The van der Waals surface area contributed by atoms with Gasteiger partial charge >= 0.3 is 0 Å². The first-order chi connectivity index (χ1) is 12.5. The second-order valence-corrected chi connectivity index (χ2v) is 8.68. The van der Waals surface area contributed by atoms with Crippen LogP contribution in [0, 0.1) is 16.7 Å². The van der Waals surface area contributed by atoms with Gasteiger partial charge in [-0.05, 0) is 68.2 Å². The molecule has 2 N–H and O–H groups in total. The summed E-state index contributed by atoms with van der Waals surface area (Å²) in [7, 11) is 0. The van der Waals surface area contributed by atoms with E-state index in [2.05, 4.69) is 37.5 Å². The van der Waals surface area contributed by atoms with Gasteiger partial charge < -0.3 is 15.4 Å². The van der Waals surface area contributed by atoms with Crippen molar-refractivity contribution in [3.05, 3.63) is 29.8 Å². The number of carbonyl (C=O) groups excluding carboxylic acids is 1. The average molecular weight is 359 g/mol. The second-order valence-electron chi connectivity index (χ2n) is 8.68. The van der Waals surface area contributed by atoms with Crippen LogP contribution < -0.4 is 15.4 Å². The Morgan fingerprint density at radius 1 is 1.27 bits per heavy atom. The fraction of sp³-hybridized carbons (Fsp3) is 0.682. The van der Waals surface area contributed by atoms with E-state index in [1.54, 1.807) is 0 Å². The normalized spacial score (nSPS) is 23.8. The highest BCUT2D eigenvalue weighted by atomic mass is 16.5. The van der Waals surface area contributed by atoms with E-state index in [-0.39, 0.29) is 16.7 Å². The Kier molecular flexibility index (Phi) is 5.91. The van der Waals surface area contributed by atoms with Crippen LogP contribution in [-0.4, -0.2) is 32.1 Å². The van der Waals surface area contributed by atoms with Crippen LogP contribution in [0.5, 0.6) is 5.75 Å². The van der Waals surface area contributed by atoms with E-state index < -0.39 is 0 Å². The fourth-order valence-corrected chi connectivity index (χ4v) is 4.35. The molecule has 144 valence electrons. The van der Waals surface area contributed by atoms with Gasteiger partial charge in [-0.25, -0.2) is 0 Å². The van der Waals surface area contributed by atoms with E-state index in [4.69, 9.17) is 4.74 Å². The van der Waals surface area contributed by atoms with E-state index in [0.717, 1.165) is 57.6 Å². The number of para-hydroxylation sites is 1. The van der Waals surface area contributed by atoms with Crippen LogP contribution in [0.1, 0.15) is 52.0 Å². The highest BCUT2D eigenvalue weighted by molar-refractivity contribution is 5.86. The zero-order valence-electron chi connectivity index (χ0n) is 16.6. The van der Waals surface area contributed by atoms with Crippen LogP contribution in [0.25, 0.3) is 0 Å². The quantitative estimate of drug-likeness (QED) is 0.747. The molecule has 4 nitrogen and oxygen atoms in total. The Morgan fingerprint density at radius 3 is 2.73 bits per heavy atom. The van der Waals surface area contributed by atoms with Crippen molar-refractivity contribution < 1.29 is 9.53 Å². The van der Waals surface area contributed by atoms with Crippen molar-refractivity contribution in [3.63, 3.8) is 0 Å². The van der Waals surface area contributed by atoms with Crippen molar-refractivity contribution >= 4 is 5.91 Å². The first kappa shape index (κ1) is 19.2. The monoisotopic (exact) mass is 358 g/mol. The van der Waals surface area contributed by atoms with E-state index in [1.165, 1.54) is 5.56 Å². The van der Waals surface area contributed by atoms with Gasteiger partial charge in [-0.2, -0.15) is 0 Å². The molecular formula is C22H34N2O2. The van der Waals surface area contributed by atoms with Gasteiger partial charge in [0.25, 0.3) is 0 Å². The Morgan fingerprint density at radius 2 is 2.00 bits per heavy atom. The summed E-state index contributed by atoms with van der Waals surface area (Å²) in [5, 5.41) is 6.60. The Labute approximate surface area is 158 Å². The summed E-state index contributed by atoms with van der Waals surface area (Å²) in [6.45, 7) is 10.1. The van der Waals surface area contributed by atoms with Crippen LogP contribution in [-0.2, 0) is 11.2 Å². The number of amides is 1. The van der Waals surface area contributed by atoms with Crippen molar-refractivity contribution in [2.24, 2.45) is 16.7 Å². The smallest absolute Gasteiger partial charge is 0.226 e. The molecule has 1 unspecified atom stereocenters. The van der Waals surface area contributed by atoms with Gasteiger partial charge in [0, 0.05) is 6.54 Å². The van der Waals surface area contributed by atoms with Crippen molar-refractivity contribution in [3.8, 4) is 5.75 Å². The number of nitrogens with one attached hydrogen (secondary N) is 2. The minimum atomic E-state index is -0.164. The number of ether oxygens (including phenoxy) is 1. The molecule has 0 radical (unpaired) electrons. The number of hydrogen-bond acceptors (Lipinski definition) is 3. The Bertz CT molecular complexity index is 622. The summed E-state index contributed by atoms with van der Waals surface area (Å²) in [5.41, 5.74) is 1.26. The molecule has 3 rings (SSSR count). The SMILES string of the molecule is CC(C)CCOc1ccccc1CCNC(=O)C1(C)CC12CCNCC2. The molecule has 1 atom stereocenters. The third kappa shape index (κ3) is 4.06. The lowest BCUT2D eigenvalue weighted by molar-refractivity contribution is -0.127. The molecule has 1 aromatic rings. The Hall–Kier alpha value is -1.55. The molecule has 1 spiro atoms. The van der Waals surface area contributed by atoms with Crippen molar-refractivity contribution in [1.82, 2.24) is 10.6 Å². The predicted molar refractivity (Wildman–Crippen MR) is 105 cm³/mol. The van der Waals surface area contributed by atoms with Gasteiger partial charge in [0.1, 0.15) is 5.75 Å². The van der Waals surface area contributed by atoms with Gasteiger partial charge in [-0.15, -0.1) is 0 Å². The molecule has 2 aliphatic rings. The average Bonchev–Trinajstić information content (AvgIpc) is 3.20. The first-order valence-electron chi connectivity index (χ1n) is 10.2. The number of benzene rings is 1. The summed E-state index contributed by atoms with van der Waals surface area (Å²) in [6, 6.07) is 8.19. The zero-order valence-corrected chi connectivity index (χ0v) is 16.6. The maximum atomic E-state index is 12.8. The van der Waals surface area contributed by atoms with Gasteiger partial charge in [-0.3, -0.25) is 4.79 Å². The van der Waals surface area contributed by atoms with Crippen LogP contribution >= 0.6 is 0 Å². The van der Waals surface area contributed by atoms with Crippen molar-refractivity contribution in [1.29, 1.82) is 0 Å². The lowest BCUT2D eigenvalue weighted by atomic mass is 9.85. The maximum Gasteiger partial charge on any atom is 0.226 e. The summed E-state index contributed by atoms with van der Waals surface area (Å²) < 4.78 is 5.96. The predicted octanol–water partition coefficient (Wildman–Crippen LogP) is 3.55. The highest BCUT2D eigenvalue weighted by Crippen LogP contribution is 2.68. The standard InChI is InChI=1S/C22H34N2O2/c1-17(2)9-15-26-19-7-5-4-6-18(19)8-12-24-20(25)21(3)16-22(21)10-13-23-14-11-22/h4-7,17,23H,8-16H2,1-3H3,(H,24,25). The fourth-order valence-electron chi connectivity index (χ4n) is 4.35. The molecule has 0 bridgehead atoms. The molecule has 1 aliphatic carbocycles. The third-order valence-corrected chi connectivity index (χ3v) is 6.40. The minimum absolute atomic E-state index is 0.164. The summed E-state index contributed by atoms with van der Waals surface area (Å²) in [5.74, 6) is 1.83. The highest BCUT2D eigenvalue weighted by Gasteiger charge is 2.67. The van der Waals surface area contributed by atoms with Crippen LogP contribution in [0.4, 0.5) is 0 Å². The lowest BCUT2D eigenvalue weighted by Crippen LogP contribution is -2.39. The molecule has 1 amide bonds. The number of hydrogen-bond donors (Lipinski definition) is 2. The van der Waals surface area contributed by atoms with Gasteiger partial charge in [0.2, 0.25) is 5.91 Å². The summed E-state index contributed by atoms with van der Waals surface area (Å²) >= 11 is 0. The second kappa shape index (κ2) is 7.99. The van der Waals surface area contributed by atoms with Crippen LogP contribution in [0.15, 0.2) is 24.3 Å².